The number of ketones is 1. The number of aromatic nitrogens is 1. The molecule has 1 amide bonds. The number of carbonyl (C=O) groups is 3. The highest BCUT2D eigenvalue weighted by atomic mass is 16.4. The molecule has 1 aromatic carbocycles. The van der Waals surface area contributed by atoms with Gasteiger partial charge in [-0.25, -0.2) is 14.6 Å². The maximum atomic E-state index is 14.1. The zero-order valence-corrected chi connectivity index (χ0v) is 19.2. The van der Waals surface area contributed by atoms with Crippen molar-refractivity contribution in [3.05, 3.63) is 53.1 Å². The summed E-state index contributed by atoms with van der Waals surface area (Å²) in [7, 11) is 0. The van der Waals surface area contributed by atoms with Gasteiger partial charge in [0, 0.05) is 17.6 Å². The summed E-state index contributed by atoms with van der Waals surface area (Å²) in [5.74, 6) is -1.46. The number of allylic oxidation sites excluding steroid dienone is 2. The Morgan fingerprint density at radius 2 is 1.88 bits per heavy atom. The van der Waals surface area contributed by atoms with Crippen molar-refractivity contribution >= 4 is 23.9 Å². The Labute approximate surface area is 196 Å². The van der Waals surface area contributed by atoms with Crippen LogP contribution in [0.3, 0.4) is 0 Å². The molecule has 1 saturated heterocycles. The van der Waals surface area contributed by atoms with Crippen LogP contribution >= 0.6 is 0 Å². The molecule has 5 rings (SSSR count). The second-order valence-corrected chi connectivity index (χ2v) is 9.67. The minimum Gasteiger partial charge on any atom is -0.478 e. The van der Waals surface area contributed by atoms with Crippen molar-refractivity contribution < 1.29 is 28.5 Å². The molecule has 1 spiro atoms. The summed E-state index contributed by atoms with van der Waals surface area (Å²) >= 11 is 0. The summed E-state index contributed by atoms with van der Waals surface area (Å²) < 4.78 is 4.85. The number of carboxylic acids is 1. The van der Waals surface area contributed by atoms with E-state index in [1.807, 2.05) is 13.8 Å². The van der Waals surface area contributed by atoms with Crippen molar-refractivity contribution in [2.45, 2.75) is 45.6 Å². The Bertz CT molecular complexity index is 1240. The van der Waals surface area contributed by atoms with Gasteiger partial charge >= 0.3 is 11.9 Å². The fraction of sp³-hybridized carbons (Fsp3) is 0.400. The largest absolute Gasteiger partial charge is 0.478 e. The average Bonchev–Trinajstić information content (AvgIpc) is 3.48. The minimum absolute atomic E-state index is 0.0509. The first-order valence-electron chi connectivity index (χ1n) is 11.5. The molecule has 9 heteroatoms. The van der Waals surface area contributed by atoms with Crippen molar-refractivity contribution in [1.82, 2.24) is 10.3 Å². The van der Waals surface area contributed by atoms with Gasteiger partial charge in [0.1, 0.15) is 12.3 Å². The van der Waals surface area contributed by atoms with E-state index in [0.717, 1.165) is 37.9 Å². The maximum absolute atomic E-state index is 14.1. The van der Waals surface area contributed by atoms with Crippen molar-refractivity contribution in [3.8, 4) is 11.5 Å². The molecule has 34 heavy (non-hydrogen) atoms. The number of carbonyl (C=O) groups excluding carboxylic acids is 2. The summed E-state index contributed by atoms with van der Waals surface area (Å²) in [6.45, 7) is 5.45. The Hall–Kier alpha value is -3.43. The first-order valence-corrected chi connectivity index (χ1v) is 11.5. The van der Waals surface area contributed by atoms with E-state index in [-0.39, 0.29) is 34.3 Å². The third-order valence-electron chi connectivity index (χ3n) is 7.23. The first kappa shape index (κ1) is 22.4. The number of benzene rings is 1. The zero-order valence-electron chi connectivity index (χ0n) is 19.2. The van der Waals surface area contributed by atoms with Crippen molar-refractivity contribution in [2.24, 2.45) is 10.5 Å². The number of quaternary nitrogens is 1. The molecule has 1 atom stereocenters. The monoisotopic (exact) mass is 463 g/mol. The molecule has 2 N–H and O–H groups in total. The number of nitrogens with zero attached hydrogens (tertiary/aromatic N) is 3. The van der Waals surface area contributed by atoms with Crippen molar-refractivity contribution in [1.29, 1.82) is 0 Å². The molecule has 2 aromatic rings. The first-order chi connectivity index (χ1) is 16.3. The van der Waals surface area contributed by atoms with Gasteiger partial charge in [0.25, 0.3) is 0 Å². The topological polar surface area (TPSA) is 122 Å². The molecule has 3 heterocycles. The van der Waals surface area contributed by atoms with Gasteiger partial charge in [0.15, 0.2) is 0 Å². The Balaban J connectivity index is 1.61. The molecule has 2 aliphatic heterocycles. The van der Waals surface area contributed by atoms with Gasteiger partial charge in [-0.2, -0.15) is 0 Å². The molecular formula is C25H27N4O5+. The number of amides is 1. The van der Waals surface area contributed by atoms with Crippen LogP contribution in [0, 0.1) is 5.41 Å². The predicted octanol–water partition coefficient (Wildman–Crippen LogP) is 3.39. The highest BCUT2D eigenvalue weighted by Gasteiger charge is 2.57. The van der Waals surface area contributed by atoms with E-state index in [4.69, 9.17) is 4.42 Å². The van der Waals surface area contributed by atoms with E-state index in [2.05, 4.69) is 15.4 Å². The predicted molar refractivity (Wildman–Crippen MR) is 123 cm³/mol. The molecule has 176 valence electrons. The number of aromatic carboxylic acids is 1. The number of hydrogen-bond acceptors (Lipinski definition) is 7. The minimum atomic E-state index is -1.18. The SMILES string of the molecule is CC(C)[N+]1(C(=O)c2cc(C(=O)O)cc(-c3ncco3)c2)N=CC2=C1C(=O)CC1(CCNCC1)C2. The molecule has 1 aromatic heterocycles. The standard InChI is InChI=1S/C25H26N4O5/c1-15(2)29(21-19(14-28-29)12-25(13-20(21)30)3-5-26-6-4-25)23(31)17-9-16(22-27-7-8-34-22)10-18(11-17)24(32)33/h7-11,14-15,26H,3-6,12-13H2,1-2H3/p+1. The fourth-order valence-corrected chi connectivity index (χ4v) is 5.54. The molecule has 3 aliphatic rings. The van der Waals surface area contributed by atoms with Gasteiger partial charge in [-0.15, -0.1) is 0 Å². The van der Waals surface area contributed by atoms with Gasteiger partial charge in [0.05, 0.1) is 23.5 Å². The number of oxazole rings is 1. The molecule has 0 radical (unpaired) electrons. The van der Waals surface area contributed by atoms with Gasteiger partial charge in [0.2, 0.25) is 17.4 Å². The van der Waals surface area contributed by atoms with Crippen LogP contribution in [0.5, 0.6) is 0 Å². The van der Waals surface area contributed by atoms with E-state index >= 15 is 0 Å². The lowest BCUT2D eigenvalue weighted by atomic mass is 9.67. The van der Waals surface area contributed by atoms with Gasteiger partial charge in [-0.05, 0) is 69.8 Å². The van der Waals surface area contributed by atoms with Gasteiger partial charge in [-0.3, -0.25) is 4.79 Å². The molecule has 1 unspecified atom stereocenters. The Morgan fingerprint density at radius 3 is 2.53 bits per heavy atom. The smallest absolute Gasteiger partial charge is 0.377 e. The van der Waals surface area contributed by atoms with Gasteiger partial charge in [-0.1, -0.05) is 9.69 Å². The van der Waals surface area contributed by atoms with E-state index in [1.54, 1.807) is 12.3 Å². The van der Waals surface area contributed by atoms with E-state index in [9.17, 15) is 19.5 Å². The fourth-order valence-electron chi connectivity index (χ4n) is 5.54. The highest BCUT2D eigenvalue weighted by molar-refractivity contribution is 6.06. The molecule has 0 saturated carbocycles. The molecule has 0 bridgehead atoms. The summed E-state index contributed by atoms with van der Waals surface area (Å²) in [5.41, 5.74) is 1.60. The van der Waals surface area contributed by atoms with Crippen LogP contribution in [-0.2, 0) is 4.79 Å². The van der Waals surface area contributed by atoms with Crippen LogP contribution in [0.2, 0.25) is 0 Å². The van der Waals surface area contributed by atoms with E-state index < -0.39 is 16.5 Å². The normalized spacial score (nSPS) is 23.6. The summed E-state index contributed by atoms with van der Waals surface area (Å²) in [5, 5.41) is 17.7. The lowest BCUT2D eigenvalue weighted by molar-refractivity contribution is -0.833. The number of hydrogen-bond donors (Lipinski definition) is 2. The van der Waals surface area contributed by atoms with E-state index in [1.165, 1.54) is 24.6 Å². The lowest BCUT2D eigenvalue weighted by Gasteiger charge is -2.41. The van der Waals surface area contributed by atoms with Crippen LogP contribution in [0.4, 0.5) is 0 Å². The molecule has 9 nitrogen and oxygen atoms in total. The Morgan fingerprint density at radius 1 is 1.15 bits per heavy atom. The second-order valence-electron chi connectivity index (χ2n) is 9.67. The van der Waals surface area contributed by atoms with Crippen LogP contribution < -0.4 is 5.32 Å². The number of Topliss-reactive ketones (excluding diaryl/α,β-unsaturated/α-hetero) is 1. The number of nitrogens with one attached hydrogen (secondary N) is 1. The van der Waals surface area contributed by atoms with Crippen LogP contribution in [0.25, 0.3) is 11.5 Å². The summed E-state index contributed by atoms with van der Waals surface area (Å²) in [6, 6.07) is 3.93. The number of rotatable bonds is 4. The Kier molecular flexibility index (Phi) is 5.33. The van der Waals surface area contributed by atoms with Crippen LogP contribution in [0.1, 0.15) is 60.2 Å². The third kappa shape index (κ3) is 3.43. The average molecular weight is 464 g/mol. The molecule has 1 fully saturated rings. The highest BCUT2D eigenvalue weighted by Crippen LogP contribution is 2.49. The van der Waals surface area contributed by atoms with Crippen LogP contribution in [-0.4, -0.2) is 57.7 Å². The van der Waals surface area contributed by atoms with Crippen LogP contribution in [0.15, 0.2) is 51.4 Å². The number of piperidine rings is 1. The number of carboxylic acid groups (broad SMARTS) is 1. The summed E-state index contributed by atoms with van der Waals surface area (Å²) in [6.07, 6.45) is 7.46. The zero-order chi connectivity index (χ0) is 24.1. The van der Waals surface area contributed by atoms with Crippen molar-refractivity contribution in [2.75, 3.05) is 13.1 Å². The third-order valence-corrected chi connectivity index (χ3v) is 7.23. The summed E-state index contributed by atoms with van der Waals surface area (Å²) in [4.78, 5) is 43.6. The second kappa shape index (κ2) is 8.11. The maximum Gasteiger partial charge on any atom is 0.377 e. The molecular weight excluding hydrogens is 436 g/mol. The van der Waals surface area contributed by atoms with E-state index in [0.29, 0.717) is 17.7 Å². The van der Waals surface area contributed by atoms with Gasteiger partial charge < -0.3 is 14.8 Å². The molecule has 1 aliphatic carbocycles. The lowest BCUT2D eigenvalue weighted by Crippen LogP contribution is -2.54. The quantitative estimate of drug-likeness (QED) is 0.667. The van der Waals surface area contributed by atoms with Crippen molar-refractivity contribution in [3.63, 3.8) is 0 Å².